The summed E-state index contributed by atoms with van der Waals surface area (Å²) in [5.41, 5.74) is 3.55. The molecular formula is C14H20O4S2. The van der Waals surface area contributed by atoms with Crippen LogP contribution in [-0.4, -0.2) is 41.9 Å². The van der Waals surface area contributed by atoms with E-state index in [2.05, 4.69) is 0 Å². The van der Waals surface area contributed by atoms with Gasteiger partial charge >= 0.3 is 0 Å². The van der Waals surface area contributed by atoms with Crippen molar-refractivity contribution in [1.82, 2.24) is 0 Å². The summed E-state index contributed by atoms with van der Waals surface area (Å²) in [7, 11) is -4.59. The maximum Gasteiger partial charge on any atom is 0.175 e. The molecule has 0 bridgehead atoms. The van der Waals surface area contributed by atoms with Crippen LogP contribution in [0.15, 0.2) is 12.1 Å². The minimum Gasteiger partial charge on any atom is -0.293 e. The van der Waals surface area contributed by atoms with Gasteiger partial charge in [-0.2, -0.15) is 0 Å². The second-order valence-electron chi connectivity index (χ2n) is 5.09. The van der Waals surface area contributed by atoms with Crippen molar-refractivity contribution in [1.29, 1.82) is 0 Å². The van der Waals surface area contributed by atoms with Crippen LogP contribution >= 0.6 is 0 Å². The molecule has 0 aliphatic heterocycles. The van der Waals surface area contributed by atoms with E-state index in [1.165, 1.54) is 0 Å². The van der Waals surface area contributed by atoms with Gasteiger partial charge in [0.05, 0.1) is 11.5 Å². The van der Waals surface area contributed by atoms with Crippen molar-refractivity contribution in [3.8, 4) is 0 Å². The predicted octanol–water partition coefficient (Wildman–Crippen LogP) is 1.59. The molecule has 0 aliphatic rings. The molecule has 0 heterocycles. The van der Waals surface area contributed by atoms with E-state index in [0.717, 1.165) is 22.9 Å². The molecule has 4 nitrogen and oxygen atoms in total. The molecule has 1 aromatic carbocycles. The van der Waals surface area contributed by atoms with E-state index in [1.807, 2.05) is 26.8 Å². The third kappa shape index (κ3) is 5.17. The number of benzene rings is 1. The molecule has 1 aromatic rings. The van der Waals surface area contributed by atoms with Crippen LogP contribution in [0.3, 0.4) is 0 Å². The fourth-order valence-electron chi connectivity index (χ4n) is 1.80. The van der Waals surface area contributed by atoms with Crippen LogP contribution in [0, 0.1) is 20.8 Å². The maximum atomic E-state index is 12.1. The third-order valence-electron chi connectivity index (χ3n) is 3.11. The van der Waals surface area contributed by atoms with E-state index in [4.69, 9.17) is 0 Å². The quantitative estimate of drug-likeness (QED) is 0.747. The molecule has 0 saturated carbocycles. The Balaban J connectivity index is 2.77. The lowest BCUT2D eigenvalue weighted by molar-refractivity contribution is 0.102. The lowest BCUT2D eigenvalue weighted by atomic mass is 9.99. The Kier molecular flexibility index (Phi) is 5.65. The topological polar surface area (TPSA) is 68.3 Å². The molecule has 0 amide bonds. The largest absolute Gasteiger partial charge is 0.293 e. The van der Waals surface area contributed by atoms with Crippen LogP contribution in [0.2, 0.25) is 0 Å². The second kappa shape index (κ2) is 6.63. The van der Waals surface area contributed by atoms with Crippen LogP contribution in [-0.2, 0) is 20.6 Å². The fraction of sp³-hybridized carbons (Fsp3) is 0.500. The van der Waals surface area contributed by atoms with Crippen molar-refractivity contribution in [2.24, 2.45) is 0 Å². The molecule has 112 valence electrons. The van der Waals surface area contributed by atoms with Gasteiger partial charge in [-0.05, 0) is 43.5 Å². The van der Waals surface area contributed by atoms with E-state index in [9.17, 15) is 17.4 Å². The van der Waals surface area contributed by atoms with Crippen LogP contribution in [0.5, 0.6) is 0 Å². The number of carbonyl (C=O) groups excluding carboxylic acids is 1. The van der Waals surface area contributed by atoms with Gasteiger partial charge < -0.3 is 0 Å². The van der Waals surface area contributed by atoms with Gasteiger partial charge in [0.25, 0.3) is 0 Å². The van der Waals surface area contributed by atoms with Gasteiger partial charge in [0.1, 0.15) is 9.84 Å². The van der Waals surface area contributed by atoms with Crippen LogP contribution in [0.1, 0.15) is 27.0 Å². The van der Waals surface area contributed by atoms with Gasteiger partial charge in [-0.1, -0.05) is 6.07 Å². The summed E-state index contributed by atoms with van der Waals surface area (Å²) < 4.78 is 33.8. The molecule has 0 fully saturated rings. The summed E-state index contributed by atoms with van der Waals surface area (Å²) in [6.45, 7) is 5.74. The summed E-state index contributed by atoms with van der Waals surface area (Å²) in [4.78, 5) is 12.1. The van der Waals surface area contributed by atoms with Crippen molar-refractivity contribution in [3.63, 3.8) is 0 Å². The molecule has 0 radical (unpaired) electrons. The maximum absolute atomic E-state index is 12.1. The number of ketones is 1. The Labute approximate surface area is 123 Å². The van der Waals surface area contributed by atoms with Crippen LogP contribution in [0.25, 0.3) is 0 Å². The van der Waals surface area contributed by atoms with Crippen LogP contribution in [0.4, 0.5) is 0 Å². The molecular weight excluding hydrogens is 296 g/mol. The van der Waals surface area contributed by atoms with Crippen molar-refractivity contribution in [2.75, 3.05) is 23.5 Å². The molecule has 0 N–H and O–H groups in total. The first-order chi connectivity index (χ1) is 9.10. The van der Waals surface area contributed by atoms with Crippen molar-refractivity contribution >= 4 is 26.4 Å². The first-order valence-electron chi connectivity index (χ1n) is 6.24. The number of Topliss-reactive ketones (excluding diaryl/α,β-unsaturated/α-hetero) is 1. The smallest absolute Gasteiger partial charge is 0.175 e. The van der Waals surface area contributed by atoms with Crippen molar-refractivity contribution in [3.05, 3.63) is 34.4 Å². The highest BCUT2D eigenvalue weighted by Gasteiger charge is 2.15. The highest BCUT2D eigenvalue weighted by atomic mass is 32.2. The first-order valence-corrected chi connectivity index (χ1v) is 9.79. The molecule has 0 aromatic heterocycles. The van der Waals surface area contributed by atoms with E-state index >= 15 is 0 Å². The summed E-state index contributed by atoms with van der Waals surface area (Å²) >= 11 is 0. The first kappa shape index (κ1) is 17.0. The number of sulfone groups is 1. The summed E-state index contributed by atoms with van der Waals surface area (Å²) in [5.74, 6) is -0.469. The molecule has 20 heavy (non-hydrogen) atoms. The summed E-state index contributed by atoms with van der Waals surface area (Å²) in [6, 6.07) is 3.74. The Hall–Kier alpha value is -1.01. The minimum absolute atomic E-state index is 0.00840. The van der Waals surface area contributed by atoms with Crippen molar-refractivity contribution < 1.29 is 17.4 Å². The zero-order valence-electron chi connectivity index (χ0n) is 12.2. The molecule has 1 rings (SSSR count). The molecule has 6 heteroatoms. The molecule has 0 aliphatic carbocycles. The molecule has 1 atom stereocenters. The Morgan fingerprint density at radius 2 is 1.65 bits per heavy atom. The van der Waals surface area contributed by atoms with E-state index < -0.39 is 20.6 Å². The van der Waals surface area contributed by atoms with Gasteiger partial charge in [0.2, 0.25) is 0 Å². The molecule has 0 spiro atoms. The number of carbonyl (C=O) groups is 1. The number of hydrogen-bond donors (Lipinski definition) is 0. The van der Waals surface area contributed by atoms with Crippen LogP contribution < -0.4 is 0 Å². The number of hydrogen-bond acceptors (Lipinski definition) is 4. The zero-order valence-corrected chi connectivity index (χ0v) is 13.9. The lowest BCUT2D eigenvalue weighted by Crippen LogP contribution is -2.19. The summed E-state index contributed by atoms with van der Waals surface area (Å²) in [5, 5.41) is 0. The van der Waals surface area contributed by atoms with Gasteiger partial charge in [0.15, 0.2) is 5.78 Å². The normalized spacial score (nSPS) is 13.2. The number of aryl methyl sites for hydroxylation is 3. The summed E-state index contributed by atoms with van der Waals surface area (Å²) in [6.07, 6.45) is 1.10. The van der Waals surface area contributed by atoms with Gasteiger partial charge in [-0.25, -0.2) is 8.42 Å². The average molecular weight is 316 g/mol. The highest BCUT2D eigenvalue weighted by Crippen LogP contribution is 2.16. The Morgan fingerprint density at radius 1 is 1.10 bits per heavy atom. The zero-order chi connectivity index (χ0) is 15.5. The molecule has 1 unspecified atom stereocenters. The monoisotopic (exact) mass is 316 g/mol. The van der Waals surface area contributed by atoms with Gasteiger partial charge in [-0.15, -0.1) is 0 Å². The van der Waals surface area contributed by atoms with E-state index in [1.54, 1.807) is 6.07 Å². The lowest BCUT2D eigenvalue weighted by Gasteiger charge is -2.09. The van der Waals surface area contributed by atoms with Gasteiger partial charge in [-0.3, -0.25) is 9.00 Å². The standard InChI is InChI=1S/C14H20O4S2/c1-10-7-12(3)13(8-11(10)2)14(15)9-19(16)5-6-20(4,17)18/h7-8H,5-6,9H2,1-4H3. The molecule has 0 saturated heterocycles. The Morgan fingerprint density at radius 3 is 2.20 bits per heavy atom. The fourth-order valence-corrected chi connectivity index (χ4v) is 4.35. The van der Waals surface area contributed by atoms with Gasteiger partial charge in [0, 0.05) is 28.4 Å². The number of rotatable bonds is 6. The SMILES string of the molecule is Cc1cc(C)c(C(=O)CS(=O)CCS(C)(=O)=O)cc1C. The van der Waals surface area contributed by atoms with E-state index in [0.29, 0.717) is 5.56 Å². The highest BCUT2D eigenvalue weighted by molar-refractivity contribution is 7.92. The average Bonchev–Trinajstić information content (AvgIpc) is 2.30. The Bertz CT molecular complexity index is 645. The van der Waals surface area contributed by atoms with E-state index in [-0.39, 0.29) is 23.0 Å². The minimum atomic E-state index is -3.14. The predicted molar refractivity (Wildman–Crippen MR) is 82.6 cm³/mol. The second-order valence-corrected chi connectivity index (χ2v) is 8.93. The third-order valence-corrected chi connectivity index (χ3v) is 5.56. The van der Waals surface area contributed by atoms with Crippen molar-refractivity contribution in [2.45, 2.75) is 20.8 Å².